The molecule has 2 aromatic carbocycles. The van der Waals surface area contributed by atoms with Crippen molar-refractivity contribution in [3.05, 3.63) is 85.5 Å². The van der Waals surface area contributed by atoms with E-state index in [9.17, 15) is 24.8 Å². The fourth-order valence-corrected chi connectivity index (χ4v) is 6.92. The van der Waals surface area contributed by atoms with Gasteiger partial charge in [0.25, 0.3) is 5.91 Å². The van der Waals surface area contributed by atoms with Crippen molar-refractivity contribution in [1.29, 1.82) is 5.26 Å². The highest BCUT2D eigenvalue weighted by atomic mass is 35.5. The summed E-state index contributed by atoms with van der Waals surface area (Å²) in [5, 5.41) is 20.8. The van der Waals surface area contributed by atoms with Crippen LogP contribution < -0.4 is 4.90 Å². The summed E-state index contributed by atoms with van der Waals surface area (Å²) < 4.78 is 0. The zero-order valence-electron chi connectivity index (χ0n) is 20.2. The largest absolute Gasteiger partial charge is 0.478 e. The van der Waals surface area contributed by atoms with Crippen LogP contribution in [0, 0.1) is 11.3 Å². The number of thiophene rings is 1. The van der Waals surface area contributed by atoms with E-state index in [1.807, 2.05) is 19.1 Å². The number of anilines is 1. The Hall–Kier alpha value is -3.42. The van der Waals surface area contributed by atoms with Gasteiger partial charge in [-0.1, -0.05) is 35.3 Å². The Kier molecular flexibility index (Phi) is 6.92. The van der Waals surface area contributed by atoms with E-state index in [4.69, 9.17) is 23.2 Å². The number of carbonyl (C=O) groups is 3. The van der Waals surface area contributed by atoms with E-state index in [2.05, 4.69) is 11.0 Å². The van der Waals surface area contributed by atoms with Crippen molar-refractivity contribution in [3.8, 4) is 6.07 Å². The molecule has 38 heavy (non-hydrogen) atoms. The minimum atomic E-state index is -1.22. The van der Waals surface area contributed by atoms with E-state index in [-0.39, 0.29) is 24.6 Å². The van der Waals surface area contributed by atoms with Crippen molar-refractivity contribution in [2.24, 2.45) is 0 Å². The monoisotopic (exact) mass is 568 g/mol. The minimum Gasteiger partial charge on any atom is -0.478 e. The Balaban J connectivity index is 1.59. The van der Waals surface area contributed by atoms with Crippen LogP contribution in [0.4, 0.5) is 10.5 Å². The molecule has 1 aromatic heterocycles. The molecular formula is C27H22Cl2N4O4S. The van der Waals surface area contributed by atoms with Crippen molar-refractivity contribution < 1.29 is 19.5 Å². The van der Waals surface area contributed by atoms with Crippen LogP contribution in [0.5, 0.6) is 0 Å². The van der Waals surface area contributed by atoms with E-state index in [0.717, 1.165) is 15.3 Å². The number of hydrogen-bond donors (Lipinski definition) is 1. The summed E-state index contributed by atoms with van der Waals surface area (Å²) in [6, 6.07) is 15.0. The summed E-state index contributed by atoms with van der Waals surface area (Å²) >= 11 is 13.8. The van der Waals surface area contributed by atoms with Crippen molar-refractivity contribution in [3.63, 3.8) is 0 Å². The van der Waals surface area contributed by atoms with Gasteiger partial charge in [0.1, 0.15) is 5.54 Å². The van der Waals surface area contributed by atoms with Gasteiger partial charge in [0.05, 0.1) is 22.9 Å². The van der Waals surface area contributed by atoms with Crippen molar-refractivity contribution in [2.75, 3.05) is 24.5 Å². The zero-order valence-corrected chi connectivity index (χ0v) is 22.6. The topological polar surface area (TPSA) is 105 Å². The molecule has 0 saturated carbocycles. The number of nitriles is 1. The van der Waals surface area contributed by atoms with Crippen molar-refractivity contribution in [2.45, 2.75) is 24.9 Å². The second kappa shape index (κ2) is 10.0. The number of rotatable bonds is 6. The van der Waals surface area contributed by atoms with E-state index in [0.29, 0.717) is 34.4 Å². The van der Waals surface area contributed by atoms with Gasteiger partial charge in [-0.25, -0.2) is 14.5 Å². The smallest absolute Gasteiger partial charge is 0.336 e. The highest BCUT2D eigenvalue weighted by molar-refractivity contribution is 7.10. The van der Waals surface area contributed by atoms with Crippen molar-refractivity contribution >= 4 is 58.1 Å². The number of likely N-dealkylation sites (tertiary alicyclic amines) is 1. The van der Waals surface area contributed by atoms with Gasteiger partial charge in [0.15, 0.2) is 0 Å². The molecule has 2 saturated heterocycles. The molecule has 2 fully saturated rings. The Morgan fingerprint density at radius 3 is 2.42 bits per heavy atom. The molecule has 8 nitrogen and oxygen atoms in total. The standard InChI is InChI=1S/C27H22Cl2N4O4S/c1-2-32-26(37)33(21-9-19(28)8-20(29)10-21)25(36)27(32)15-31(12-22-7-18(14-38-22)24(34)35)13-23(27)17-5-3-16(11-30)4-6-17/h3-10,14,23H,2,12-13,15H2,1H3,(H,34,35)/t23-,27+/m0/s1. The number of amides is 3. The summed E-state index contributed by atoms with van der Waals surface area (Å²) in [6.45, 7) is 3.25. The summed E-state index contributed by atoms with van der Waals surface area (Å²) in [7, 11) is 0. The SMILES string of the molecule is CCN1C(=O)N(c2cc(Cl)cc(Cl)c2)C(=O)[C@]12CN(Cc1cc(C(=O)O)cs1)C[C@H]2c1ccc(C#N)cc1. The minimum absolute atomic E-state index is 0.217. The molecule has 0 unspecified atom stereocenters. The lowest BCUT2D eigenvalue weighted by molar-refractivity contribution is -0.125. The number of nitrogens with zero attached hydrogens (tertiary/aromatic N) is 4. The Morgan fingerprint density at radius 2 is 1.84 bits per heavy atom. The lowest BCUT2D eigenvalue weighted by atomic mass is 9.80. The predicted octanol–water partition coefficient (Wildman–Crippen LogP) is 5.45. The second-order valence-corrected chi connectivity index (χ2v) is 11.2. The highest BCUT2D eigenvalue weighted by Gasteiger charge is 2.65. The Morgan fingerprint density at radius 1 is 1.16 bits per heavy atom. The first-order chi connectivity index (χ1) is 18.2. The molecule has 3 amide bonds. The summed E-state index contributed by atoms with van der Waals surface area (Å²) in [6.07, 6.45) is 0. The fraction of sp³-hybridized carbons (Fsp3) is 0.259. The maximum absolute atomic E-state index is 14.4. The normalized spacial score (nSPS) is 21.5. The molecule has 5 rings (SSSR count). The number of urea groups is 1. The number of carboxylic acid groups (broad SMARTS) is 1. The van der Waals surface area contributed by atoms with Crippen LogP contribution in [-0.2, 0) is 11.3 Å². The number of imide groups is 1. The van der Waals surface area contributed by atoms with Crippen LogP contribution in [0.25, 0.3) is 0 Å². The molecule has 2 aliphatic rings. The van der Waals surface area contributed by atoms with Crippen LogP contribution >= 0.6 is 34.5 Å². The molecule has 3 heterocycles. The molecule has 2 aliphatic heterocycles. The van der Waals surface area contributed by atoms with Gasteiger partial charge < -0.3 is 10.0 Å². The Bertz CT molecular complexity index is 1460. The van der Waals surface area contributed by atoms with Gasteiger partial charge in [0, 0.05) is 52.4 Å². The highest BCUT2D eigenvalue weighted by Crippen LogP contribution is 2.47. The number of hydrogen-bond acceptors (Lipinski definition) is 6. The summed E-state index contributed by atoms with van der Waals surface area (Å²) in [4.78, 5) is 45.2. The van der Waals surface area contributed by atoms with Crippen LogP contribution in [0.2, 0.25) is 10.0 Å². The van der Waals surface area contributed by atoms with E-state index in [1.165, 1.54) is 17.4 Å². The molecule has 0 radical (unpaired) electrons. The van der Waals surface area contributed by atoms with E-state index < -0.39 is 23.5 Å². The van der Waals surface area contributed by atoms with Crippen molar-refractivity contribution in [1.82, 2.24) is 9.80 Å². The number of aromatic carboxylic acids is 1. The molecule has 2 atom stereocenters. The number of halogens is 2. The maximum atomic E-state index is 14.4. The number of benzene rings is 2. The molecule has 3 aromatic rings. The van der Waals surface area contributed by atoms with Crippen LogP contribution in [0.3, 0.4) is 0 Å². The quantitative estimate of drug-likeness (QED) is 0.396. The molecule has 1 N–H and O–H groups in total. The van der Waals surface area contributed by atoms with Crippen LogP contribution in [0.15, 0.2) is 53.9 Å². The third-order valence-corrected chi connectivity index (χ3v) is 8.46. The first kappa shape index (κ1) is 26.2. The first-order valence-electron chi connectivity index (χ1n) is 11.8. The average Bonchev–Trinajstić information content (AvgIpc) is 3.55. The van der Waals surface area contributed by atoms with Gasteiger partial charge >= 0.3 is 12.0 Å². The third kappa shape index (κ3) is 4.33. The molecular weight excluding hydrogens is 547 g/mol. The van der Waals surface area contributed by atoms with Gasteiger partial charge in [-0.15, -0.1) is 11.3 Å². The molecule has 1 spiro atoms. The molecule has 0 bridgehead atoms. The lowest BCUT2D eigenvalue weighted by Gasteiger charge is -2.35. The van der Waals surface area contributed by atoms with Crippen LogP contribution in [0.1, 0.15) is 39.2 Å². The second-order valence-electron chi connectivity index (χ2n) is 9.28. The van der Waals surface area contributed by atoms with E-state index >= 15 is 0 Å². The maximum Gasteiger partial charge on any atom is 0.336 e. The molecule has 0 aliphatic carbocycles. The van der Waals surface area contributed by atoms with Gasteiger partial charge in [-0.2, -0.15) is 5.26 Å². The number of carbonyl (C=O) groups excluding carboxylic acids is 2. The van der Waals surface area contributed by atoms with E-state index in [1.54, 1.807) is 40.6 Å². The lowest BCUT2D eigenvalue weighted by Crippen LogP contribution is -2.55. The molecule has 194 valence electrons. The summed E-state index contributed by atoms with van der Waals surface area (Å²) in [5.74, 6) is -1.77. The Labute approximate surface area is 233 Å². The molecule has 11 heteroatoms. The van der Waals surface area contributed by atoms with Gasteiger partial charge in [0.2, 0.25) is 0 Å². The fourth-order valence-electron chi connectivity index (χ4n) is 5.50. The number of likely N-dealkylation sites (N-methyl/N-ethyl adjacent to an activating group) is 1. The predicted molar refractivity (Wildman–Crippen MR) is 145 cm³/mol. The van der Waals surface area contributed by atoms with Crippen LogP contribution in [-0.4, -0.2) is 58.0 Å². The average molecular weight is 569 g/mol. The first-order valence-corrected chi connectivity index (χ1v) is 13.5. The number of carboxylic acids is 1. The van der Waals surface area contributed by atoms with Gasteiger partial charge in [-0.05, 0) is 48.9 Å². The zero-order chi connectivity index (χ0) is 27.2. The third-order valence-electron chi connectivity index (χ3n) is 7.10. The summed E-state index contributed by atoms with van der Waals surface area (Å²) in [5.41, 5.74) is 0.619. The van der Waals surface area contributed by atoms with Gasteiger partial charge in [-0.3, -0.25) is 9.69 Å².